The fraction of sp³-hybridized carbons (Fsp3) is 0.231. The smallest absolute Gasteiger partial charge is 0.304 e. The summed E-state index contributed by atoms with van der Waals surface area (Å²) in [5, 5.41) is 21.8. The number of hydrogen-bond acceptors (Lipinski definition) is 7. The van der Waals surface area contributed by atoms with E-state index in [0.29, 0.717) is 40.9 Å². The Kier molecular flexibility index (Phi) is 8.98. The number of carbonyl (C=O) groups is 1. The highest BCUT2D eigenvalue weighted by Gasteiger charge is 2.29. The molecule has 0 radical (unpaired) electrons. The number of nitrogens with one attached hydrogen (secondary N) is 1. The van der Waals surface area contributed by atoms with E-state index in [4.69, 9.17) is 4.74 Å². The van der Waals surface area contributed by atoms with Gasteiger partial charge in [-0.3, -0.25) is 9.78 Å². The highest BCUT2D eigenvalue weighted by atomic mass is 79.9. The maximum Gasteiger partial charge on any atom is 0.304 e. The molecular weight excluding hydrogens is 604 g/mol. The fourth-order valence-electron chi connectivity index (χ4n) is 3.97. The van der Waals surface area contributed by atoms with Crippen molar-refractivity contribution in [3.63, 3.8) is 0 Å². The SMILES string of the molecule is N#CNC(=N[C@@H](Cc1cc(Br)c(O)c(Br)c1)C(=O)N1CCN(c2ccncc2)CC1)Oc1ccccc1. The zero-order valence-corrected chi connectivity index (χ0v) is 22.9. The number of aromatic hydroxyl groups is 1. The van der Waals surface area contributed by atoms with Crippen LogP contribution in [0.1, 0.15) is 5.56 Å². The Morgan fingerprint density at radius 3 is 2.38 bits per heavy atom. The summed E-state index contributed by atoms with van der Waals surface area (Å²) in [6.07, 6.45) is 5.57. The van der Waals surface area contributed by atoms with Gasteiger partial charge in [-0.25, -0.2) is 10.3 Å². The molecular formula is C26H24Br2N6O3. The number of amidine groups is 1. The van der Waals surface area contributed by atoms with Crippen LogP contribution in [0.3, 0.4) is 0 Å². The zero-order chi connectivity index (χ0) is 26.2. The lowest BCUT2D eigenvalue weighted by molar-refractivity contribution is -0.132. The Hall–Kier alpha value is -3.62. The number of aromatic nitrogens is 1. The quantitative estimate of drug-likeness (QED) is 0.183. The van der Waals surface area contributed by atoms with Gasteiger partial charge in [0.25, 0.3) is 0 Å². The average Bonchev–Trinajstić information content (AvgIpc) is 2.92. The minimum absolute atomic E-state index is 0.0700. The lowest BCUT2D eigenvalue weighted by Gasteiger charge is -2.37. The van der Waals surface area contributed by atoms with Crippen molar-refractivity contribution >= 4 is 49.5 Å². The number of aliphatic imine (C=N–C) groups is 1. The summed E-state index contributed by atoms with van der Waals surface area (Å²) >= 11 is 6.70. The van der Waals surface area contributed by atoms with Crippen molar-refractivity contribution < 1.29 is 14.6 Å². The molecule has 2 N–H and O–H groups in total. The van der Waals surface area contributed by atoms with Crippen LogP contribution in [-0.4, -0.2) is 59.1 Å². The molecule has 1 fully saturated rings. The van der Waals surface area contributed by atoms with E-state index in [0.717, 1.165) is 11.3 Å². The van der Waals surface area contributed by atoms with E-state index >= 15 is 0 Å². The second-order valence-corrected chi connectivity index (χ2v) is 9.94. The van der Waals surface area contributed by atoms with Crippen molar-refractivity contribution in [1.29, 1.82) is 5.26 Å². The van der Waals surface area contributed by atoms with E-state index in [1.165, 1.54) is 0 Å². The summed E-state index contributed by atoms with van der Waals surface area (Å²) in [4.78, 5) is 26.3. The van der Waals surface area contributed by atoms with Gasteiger partial charge >= 0.3 is 6.02 Å². The van der Waals surface area contributed by atoms with E-state index in [1.807, 2.05) is 24.4 Å². The van der Waals surface area contributed by atoms with Crippen LogP contribution in [0.2, 0.25) is 0 Å². The van der Waals surface area contributed by atoms with Gasteiger partial charge in [-0.2, -0.15) is 5.26 Å². The third-order valence-electron chi connectivity index (χ3n) is 5.80. The van der Waals surface area contributed by atoms with E-state index in [2.05, 4.69) is 52.1 Å². The number of para-hydroxylation sites is 1. The summed E-state index contributed by atoms with van der Waals surface area (Å²) < 4.78 is 6.76. The predicted molar refractivity (Wildman–Crippen MR) is 147 cm³/mol. The molecule has 1 aliphatic rings. The summed E-state index contributed by atoms with van der Waals surface area (Å²) in [6.45, 7) is 2.39. The molecule has 1 saturated heterocycles. The molecule has 1 aromatic heterocycles. The number of ether oxygens (including phenoxy) is 1. The monoisotopic (exact) mass is 626 g/mol. The van der Waals surface area contributed by atoms with Gasteiger partial charge in [-0.1, -0.05) is 18.2 Å². The average molecular weight is 628 g/mol. The maximum atomic E-state index is 13.7. The number of piperazine rings is 1. The molecule has 2 heterocycles. The number of nitriles is 1. The standard InChI is InChI=1S/C26H24Br2N6O3/c27-21-14-18(15-22(28)24(21)35)16-23(32-26(31-17-29)37-20-4-2-1-3-5-20)25(36)34-12-10-33(11-13-34)19-6-8-30-9-7-19/h1-9,14-15,23,35H,10-13,16H2,(H,31,32)/t23-/m0/s1. The van der Waals surface area contributed by atoms with Gasteiger partial charge in [-0.15, -0.1) is 0 Å². The number of halogens is 2. The van der Waals surface area contributed by atoms with E-state index < -0.39 is 6.04 Å². The molecule has 1 aliphatic heterocycles. The highest BCUT2D eigenvalue weighted by molar-refractivity contribution is 9.11. The number of phenolic OH excluding ortho intramolecular Hbond substituents is 1. The third-order valence-corrected chi connectivity index (χ3v) is 7.01. The van der Waals surface area contributed by atoms with Gasteiger partial charge in [0.15, 0.2) is 6.19 Å². The number of carbonyl (C=O) groups excluding carboxylic acids is 1. The number of nitrogens with zero attached hydrogens (tertiary/aromatic N) is 5. The Bertz CT molecular complexity index is 1270. The van der Waals surface area contributed by atoms with Gasteiger partial charge < -0.3 is 19.6 Å². The van der Waals surface area contributed by atoms with Gasteiger partial charge in [0.1, 0.15) is 17.5 Å². The molecule has 0 spiro atoms. The van der Waals surface area contributed by atoms with Crippen LogP contribution < -0.4 is 15.0 Å². The lowest BCUT2D eigenvalue weighted by atomic mass is 10.0. The second-order valence-electron chi connectivity index (χ2n) is 8.23. The molecule has 11 heteroatoms. The number of pyridine rings is 1. The van der Waals surface area contributed by atoms with Crippen LogP contribution >= 0.6 is 31.9 Å². The molecule has 1 atom stereocenters. The Labute approximate surface area is 231 Å². The first-order valence-electron chi connectivity index (χ1n) is 11.5. The number of amides is 1. The zero-order valence-electron chi connectivity index (χ0n) is 19.7. The topological polar surface area (TPSA) is 114 Å². The molecule has 0 aliphatic carbocycles. The first-order valence-corrected chi connectivity index (χ1v) is 13.1. The Balaban J connectivity index is 1.58. The molecule has 1 amide bonds. The lowest BCUT2D eigenvalue weighted by Crippen LogP contribution is -2.52. The van der Waals surface area contributed by atoms with Crippen LogP contribution in [0.5, 0.6) is 11.5 Å². The van der Waals surface area contributed by atoms with Crippen LogP contribution in [0.15, 0.2) is 80.9 Å². The van der Waals surface area contributed by atoms with Crippen molar-refractivity contribution in [3.05, 3.63) is 81.5 Å². The van der Waals surface area contributed by atoms with Crippen molar-refractivity contribution in [2.75, 3.05) is 31.1 Å². The number of benzene rings is 2. The molecule has 0 bridgehead atoms. The number of hydrogen-bond donors (Lipinski definition) is 2. The minimum atomic E-state index is -0.865. The first-order chi connectivity index (χ1) is 17.9. The molecule has 37 heavy (non-hydrogen) atoms. The Morgan fingerprint density at radius 1 is 1.11 bits per heavy atom. The normalized spacial score (nSPS) is 14.6. The van der Waals surface area contributed by atoms with Crippen LogP contribution in [-0.2, 0) is 11.2 Å². The van der Waals surface area contributed by atoms with Crippen molar-refractivity contribution in [1.82, 2.24) is 15.2 Å². The minimum Gasteiger partial charge on any atom is -0.506 e. The maximum absolute atomic E-state index is 13.7. The van der Waals surface area contributed by atoms with E-state index in [-0.39, 0.29) is 24.1 Å². The van der Waals surface area contributed by atoms with Gasteiger partial charge in [0.2, 0.25) is 5.91 Å². The van der Waals surface area contributed by atoms with Crippen LogP contribution in [0, 0.1) is 11.5 Å². The summed E-state index contributed by atoms with van der Waals surface area (Å²) in [5.74, 6) is 0.376. The molecule has 0 unspecified atom stereocenters. The number of phenols is 1. The van der Waals surface area contributed by atoms with Crippen LogP contribution in [0.4, 0.5) is 5.69 Å². The van der Waals surface area contributed by atoms with Crippen LogP contribution in [0.25, 0.3) is 0 Å². The largest absolute Gasteiger partial charge is 0.506 e. The fourth-order valence-corrected chi connectivity index (χ4v) is 5.25. The van der Waals surface area contributed by atoms with E-state index in [9.17, 15) is 15.2 Å². The van der Waals surface area contributed by atoms with E-state index in [1.54, 1.807) is 53.7 Å². The highest BCUT2D eigenvalue weighted by Crippen LogP contribution is 2.34. The molecule has 9 nitrogen and oxygen atoms in total. The number of rotatable bonds is 6. The summed E-state index contributed by atoms with van der Waals surface area (Å²) in [5.41, 5.74) is 1.83. The Morgan fingerprint density at radius 2 is 1.76 bits per heavy atom. The molecule has 190 valence electrons. The van der Waals surface area contributed by atoms with Gasteiger partial charge in [0.05, 0.1) is 8.95 Å². The molecule has 2 aromatic carbocycles. The third kappa shape index (κ3) is 6.99. The van der Waals surface area contributed by atoms with Crippen molar-refractivity contribution in [2.45, 2.75) is 12.5 Å². The number of anilines is 1. The summed E-state index contributed by atoms with van der Waals surface area (Å²) in [6, 6.07) is 15.4. The summed E-state index contributed by atoms with van der Waals surface area (Å²) in [7, 11) is 0. The first kappa shape index (κ1) is 26.4. The predicted octanol–water partition coefficient (Wildman–Crippen LogP) is 4.08. The van der Waals surface area contributed by atoms with Gasteiger partial charge in [-0.05, 0) is 73.8 Å². The van der Waals surface area contributed by atoms with Crippen molar-refractivity contribution in [3.8, 4) is 17.7 Å². The van der Waals surface area contributed by atoms with Crippen molar-refractivity contribution in [2.24, 2.45) is 4.99 Å². The molecule has 4 rings (SSSR count). The second kappa shape index (κ2) is 12.6. The molecule has 0 saturated carbocycles. The molecule has 3 aromatic rings. The van der Waals surface area contributed by atoms with Gasteiger partial charge in [0, 0.05) is 50.7 Å².